The fourth-order valence-corrected chi connectivity index (χ4v) is 5.70. The van der Waals surface area contributed by atoms with Crippen LogP contribution in [0, 0.1) is 19.8 Å². The van der Waals surface area contributed by atoms with Crippen molar-refractivity contribution in [3.8, 4) is 28.4 Å². The van der Waals surface area contributed by atoms with Crippen LogP contribution in [0.15, 0.2) is 54.6 Å². The van der Waals surface area contributed by atoms with Crippen LogP contribution in [-0.4, -0.2) is 49.7 Å². The van der Waals surface area contributed by atoms with Crippen LogP contribution in [0.3, 0.4) is 0 Å². The van der Waals surface area contributed by atoms with Gasteiger partial charge in [-0.1, -0.05) is 24.3 Å². The van der Waals surface area contributed by atoms with E-state index in [9.17, 15) is 9.59 Å². The van der Waals surface area contributed by atoms with Crippen molar-refractivity contribution >= 4 is 11.9 Å². The molecule has 1 saturated carbocycles. The first-order valence-electron chi connectivity index (χ1n) is 14.0. The van der Waals surface area contributed by atoms with E-state index >= 15 is 0 Å². The van der Waals surface area contributed by atoms with Crippen LogP contribution in [0.25, 0.3) is 11.1 Å². The standard InChI is InChI=1S/C33H35NO6/c1-20-11-27(40-28-16-34(17-28)33(36)23-7-8-23)12-21(2)32(20)24-6-4-5-22(13-24)18-38-26-9-10-29-25(14-31(35)37-3)19-39-30(29)15-26/h4-6,9-13,15,23,25,28H,7-8,14,16-19H2,1-3H3/t25-/m1/s1. The quantitative estimate of drug-likeness (QED) is 0.329. The van der Waals surface area contributed by atoms with Gasteiger partial charge >= 0.3 is 5.97 Å². The molecule has 1 aliphatic carbocycles. The predicted octanol–water partition coefficient (Wildman–Crippen LogP) is 5.59. The zero-order valence-corrected chi connectivity index (χ0v) is 23.3. The number of nitrogens with zero attached hydrogens (tertiary/aromatic N) is 1. The minimum Gasteiger partial charge on any atom is -0.492 e. The van der Waals surface area contributed by atoms with Crippen LogP contribution in [0.4, 0.5) is 0 Å². The number of carbonyl (C=O) groups excluding carboxylic acids is 2. The van der Waals surface area contributed by atoms with Crippen molar-refractivity contribution in [1.82, 2.24) is 4.90 Å². The minimum atomic E-state index is -0.235. The summed E-state index contributed by atoms with van der Waals surface area (Å²) in [6.07, 6.45) is 2.45. The number of hydrogen-bond acceptors (Lipinski definition) is 6. The van der Waals surface area contributed by atoms with E-state index in [1.54, 1.807) is 0 Å². The van der Waals surface area contributed by atoms with E-state index in [0.717, 1.165) is 57.9 Å². The lowest BCUT2D eigenvalue weighted by molar-refractivity contribution is -0.142. The molecule has 2 fully saturated rings. The molecule has 3 aromatic carbocycles. The summed E-state index contributed by atoms with van der Waals surface area (Å²) in [6, 6.07) is 18.4. The Morgan fingerprint density at radius 2 is 1.75 bits per heavy atom. The summed E-state index contributed by atoms with van der Waals surface area (Å²) in [7, 11) is 1.40. The smallest absolute Gasteiger partial charge is 0.306 e. The second kappa shape index (κ2) is 10.9. The number of esters is 1. The average molecular weight is 542 g/mol. The summed E-state index contributed by atoms with van der Waals surface area (Å²) >= 11 is 0. The SMILES string of the molecule is COC(=O)C[C@@H]1COc2cc(OCc3cccc(-c4c(C)cc(OC5CN(C(=O)C6CC6)C5)cc4C)c3)ccc21. The van der Waals surface area contributed by atoms with E-state index < -0.39 is 0 Å². The molecule has 2 heterocycles. The molecule has 0 radical (unpaired) electrons. The Kier molecular flexibility index (Phi) is 7.13. The summed E-state index contributed by atoms with van der Waals surface area (Å²) in [5, 5.41) is 0. The molecule has 1 amide bonds. The Balaban J connectivity index is 1.09. The lowest BCUT2D eigenvalue weighted by Gasteiger charge is -2.39. The molecule has 7 nitrogen and oxygen atoms in total. The van der Waals surface area contributed by atoms with Crippen LogP contribution in [0.1, 0.15) is 47.4 Å². The van der Waals surface area contributed by atoms with E-state index in [1.165, 1.54) is 12.7 Å². The normalized spacial score (nSPS) is 18.0. The van der Waals surface area contributed by atoms with Crippen molar-refractivity contribution in [2.75, 3.05) is 26.8 Å². The Labute approximate surface area is 235 Å². The molecule has 40 heavy (non-hydrogen) atoms. The third-order valence-electron chi connectivity index (χ3n) is 8.02. The van der Waals surface area contributed by atoms with Crippen molar-refractivity contribution in [3.05, 3.63) is 76.9 Å². The maximum Gasteiger partial charge on any atom is 0.306 e. The van der Waals surface area contributed by atoms with Gasteiger partial charge < -0.3 is 23.8 Å². The van der Waals surface area contributed by atoms with Gasteiger partial charge in [0.05, 0.1) is 33.2 Å². The molecular formula is C33H35NO6. The number of fused-ring (bicyclic) bond motifs is 1. The third-order valence-corrected chi connectivity index (χ3v) is 8.02. The number of likely N-dealkylation sites (tertiary alicyclic amines) is 1. The highest BCUT2D eigenvalue weighted by atomic mass is 16.5. The lowest BCUT2D eigenvalue weighted by atomic mass is 9.94. The van der Waals surface area contributed by atoms with E-state index in [1.807, 2.05) is 23.1 Å². The van der Waals surface area contributed by atoms with Crippen molar-refractivity contribution in [2.45, 2.75) is 51.7 Å². The Morgan fingerprint density at radius 1 is 0.975 bits per heavy atom. The number of ether oxygens (including phenoxy) is 4. The minimum absolute atomic E-state index is 0.0105. The number of benzene rings is 3. The summed E-state index contributed by atoms with van der Waals surface area (Å²) in [6.45, 7) is 6.48. The third kappa shape index (κ3) is 5.51. The topological polar surface area (TPSA) is 74.3 Å². The van der Waals surface area contributed by atoms with Gasteiger partial charge in [0.15, 0.2) is 0 Å². The Bertz CT molecular complexity index is 1420. The van der Waals surface area contributed by atoms with Gasteiger partial charge in [0.2, 0.25) is 5.91 Å². The largest absolute Gasteiger partial charge is 0.492 e. The highest BCUT2D eigenvalue weighted by Crippen LogP contribution is 2.39. The Morgan fingerprint density at radius 3 is 2.48 bits per heavy atom. The number of carbonyl (C=O) groups is 2. The molecule has 3 aliphatic rings. The van der Waals surface area contributed by atoms with E-state index in [4.69, 9.17) is 18.9 Å². The number of rotatable bonds is 9. The first-order valence-corrected chi connectivity index (χ1v) is 14.0. The fourth-order valence-electron chi connectivity index (χ4n) is 5.70. The number of amides is 1. The monoisotopic (exact) mass is 541 g/mol. The zero-order chi connectivity index (χ0) is 27.8. The fraction of sp³-hybridized carbons (Fsp3) is 0.394. The molecule has 0 unspecified atom stereocenters. The first kappa shape index (κ1) is 26.2. The van der Waals surface area contributed by atoms with E-state index in [-0.39, 0.29) is 23.9 Å². The summed E-state index contributed by atoms with van der Waals surface area (Å²) < 4.78 is 22.9. The number of hydrogen-bond donors (Lipinski definition) is 0. The van der Waals surface area contributed by atoms with E-state index in [2.05, 4.69) is 50.2 Å². The maximum absolute atomic E-state index is 12.2. The van der Waals surface area contributed by atoms with Crippen LogP contribution >= 0.6 is 0 Å². The second-order valence-corrected chi connectivity index (χ2v) is 11.2. The van der Waals surface area contributed by atoms with Gasteiger partial charge in [0.1, 0.15) is 30.0 Å². The molecule has 0 spiro atoms. The van der Waals surface area contributed by atoms with E-state index in [0.29, 0.717) is 38.6 Å². The molecule has 0 aromatic heterocycles. The summed E-state index contributed by atoms with van der Waals surface area (Å²) in [5.74, 6) is 2.68. The van der Waals surface area contributed by atoms with Gasteiger partial charge in [-0.05, 0) is 78.8 Å². The van der Waals surface area contributed by atoms with Gasteiger partial charge in [-0.3, -0.25) is 9.59 Å². The van der Waals surface area contributed by atoms with Crippen LogP contribution in [0.2, 0.25) is 0 Å². The van der Waals surface area contributed by atoms with Crippen molar-refractivity contribution in [3.63, 3.8) is 0 Å². The lowest BCUT2D eigenvalue weighted by Crippen LogP contribution is -2.56. The predicted molar refractivity (Wildman–Crippen MR) is 151 cm³/mol. The van der Waals surface area contributed by atoms with Crippen LogP contribution < -0.4 is 14.2 Å². The molecule has 3 aromatic rings. The number of methoxy groups -OCH3 is 1. The van der Waals surface area contributed by atoms with Crippen LogP contribution in [0.5, 0.6) is 17.2 Å². The molecule has 6 rings (SSSR count). The van der Waals surface area contributed by atoms with Crippen molar-refractivity contribution in [2.24, 2.45) is 5.92 Å². The number of aryl methyl sites for hydroxylation is 2. The van der Waals surface area contributed by atoms with Gasteiger partial charge in [-0.15, -0.1) is 0 Å². The molecule has 0 N–H and O–H groups in total. The van der Waals surface area contributed by atoms with Gasteiger partial charge in [-0.2, -0.15) is 0 Å². The Hall–Kier alpha value is -4.00. The zero-order valence-electron chi connectivity index (χ0n) is 23.3. The van der Waals surface area contributed by atoms with Gasteiger partial charge in [-0.25, -0.2) is 0 Å². The highest BCUT2D eigenvalue weighted by molar-refractivity contribution is 5.82. The maximum atomic E-state index is 12.2. The molecule has 0 bridgehead atoms. The van der Waals surface area contributed by atoms with Crippen molar-refractivity contribution < 1.29 is 28.5 Å². The molecule has 1 saturated heterocycles. The summed E-state index contributed by atoms with van der Waals surface area (Å²) in [5.41, 5.74) is 6.70. The van der Waals surface area contributed by atoms with Gasteiger partial charge in [0, 0.05) is 23.5 Å². The highest BCUT2D eigenvalue weighted by Gasteiger charge is 2.40. The van der Waals surface area contributed by atoms with Crippen molar-refractivity contribution in [1.29, 1.82) is 0 Å². The molecule has 2 aliphatic heterocycles. The average Bonchev–Trinajstić information content (AvgIpc) is 3.70. The van der Waals surface area contributed by atoms with Gasteiger partial charge in [0.25, 0.3) is 0 Å². The molecule has 208 valence electrons. The molecule has 1 atom stereocenters. The first-order chi connectivity index (χ1) is 19.4. The second-order valence-electron chi connectivity index (χ2n) is 11.2. The molecule has 7 heteroatoms. The summed E-state index contributed by atoms with van der Waals surface area (Å²) in [4.78, 5) is 25.8. The molecular weight excluding hydrogens is 506 g/mol. The van der Waals surface area contributed by atoms with Crippen LogP contribution in [-0.2, 0) is 20.9 Å².